The minimum absolute atomic E-state index is 0.0187. The molecular weight excluding hydrogens is 753 g/mol. The molecule has 2 fully saturated rings. The summed E-state index contributed by atoms with van der Waals surface area (Å²) in [6, 6.07) is 19.6. The maximum Gasteiger partial charge on any atom is 0.262 e. The second kappa shape index (κ2) is 15.7. The molecule has 1 saturated carbocycles. The molecule has 1 aliphatic carbocycles. The Bertz CT molecular complexity index is 2700. The number of hydrogen-bond donors (Lipinski definition) is 1. The number of nitrogens with one attached hydrogen (secondary N) is 1. The van der Waals surface area contributed by atoms with Crippen LogP contribution < -0.4 is 19.5 Å². The van der Waals surface area contributed by atoms with Crippen molar-refractivity contribution < 1.29 is 38.1 Å². The largest absolute Gasteiger partial charge is 0.491 e. The number of carbonyl (C=O) groups excluding carboxylic acids is 4. The van der Waals surface area contributed by atoms with Crippen LogP contribution in [0.3, 0.4) is 0 Å². The molecule has 4 amide bonds. The van der Waals surface area contributed by atoms with E-state index in [1.165, 1.54) is 17.5 Å². The Labute approximate surface area is 338 Å². The highest BCUT2D eigenvalue weighted by atomic mass is 16.5. The van der Waals surface area contributed by atoms with Crippen LogP contribution in [0, 0.1) is 11.8 Å². The van der Waals surface area contributed by atoms with Crippen LogP contribution >= 0.6 is 0 Å². The zero-order chi connectivity index (χ0) is 40.6. The number of nitrogens with zero attached hydrogens (tertiary/aromatic N) is 5. The summed E-state index contributed by atoms with van der Waals surface area (Å²) in [5, 5.41) is 4.50. The molecule has 2 atom stereocenters. The van der Waals surface area contributed by atoms with E-state index in [1.54, 1.807) is 18.3 Å². The Morgan fingerprint density at radius 1 is 0.814 bits per heavy atom. The molecule has 3 aliphatic rings. The first-order chi connectivity index (χ1) is 28.7. The van der Waals surface area contributed by atoms with Crippen LogP contribution in [0.4, 0.5) is 0 Å². The number of fused-ring (bicyclic) bond motifs is 4. The zero-order valence-electron chi connectivity index (χ0n) is 32.2. The average Bonchev–Trinajstić information content (AvgIpc) is 3.66. The fraction of sp³-hybridized carbons (Fsp3) is 0.267. The Hall–Kier alpha value is -7.11. The third kappa shape index (κ3) is 7.55. The minimum atomic E-state index is -1.03. The molecule has 2 aliphatic heterocycles. The fourth-order valence-corrected chi connectivity index (χ4v) is 7.56. The minimum Gasteiger partial charge on any atom is -0.491 e. The predicted octanol–water partition coefficient (Wildman–Crippen LogP) is 5.41. The van der Waals surface area contributed by atoms with E-state index in [9.17, 15) is 19.2 Å². The van der Waals surface area contributed by atoms with Crippen molar-refractivity contribution in [3.63, 3.8) is 0 Å². The average molecular weight is 791 g/mol. The molecule has 0 radical (unpaired) electrons. The number of amides is 4. The molecule has 14 heteroatoms. The van der Waals surface area contributed by atoms with Crippen molar-refractivity contribution in [2.75, 3.05) is 13.2 Å². The van der Waals surface area contributed by atoms with Crippen molar-refractivity contribution in [3.05, 3.63) is 108 Å². The van der Waals surface area contributed by atoms with Gasteiger partial charge in [-0.1, -0.05) is 18.1 Å². The SMILES string of the molecule is CC(COc1ccc2c(c1)C(=O)N(C1CCC(=O)NC1=O)C2=O)OCC#Cc1ccc(OC2CC(Oc3ccc(-c4ccc5c6cnccc6n(C)c5c4)cn3)C2)cn1. The summed E-state index contributed by atoms with van der Waals surface area (Å²) in [4.78, 5) is 64.0. The lowest BCUT2D eigenvalue weighted by atomic mass is 9.92. The molecule has 296 valence electrons. The second-order valence-corrected chi connectivity index (χ2v) is 14.8. The maximum absolute atomic E-state index is 13.1. The molecule has 0 spiro atoms. The summed E-state index contributed by atoms with van der Waals surface area (Å²) >= 11 is 0. The lowest BCUT2D eigenvalue weighted by Crippen LogP contribution is -2.54. The number of carbonyl (C=O) groups is 4. The molecule has 6 aromatic rings. The summed E-state index contributed by atoms with van der Waals surface area (Å²) in [5.74, 6) is 5.31. The zero-order valence-corrected chi connectivity index (χ0v) is 32.2. The highest BCUT2D eigenvalue weighted by Gasteiger charge is 2.44. The lowest BCUT2D eigenvalue weighted by molar-refractivity contribution is -0.136. The predicted molar refractivity (Wildman–Crippen MR) is 215 cm³/mol. The first kappa shape index (κ1) is 37.5. The van der Waals surface area contributed by atoms with Gasteiger partial charge in [0, 0.05) is 72.8 Å². The van der Waals surface area contributed by atoms with Crippen molar-refractivity contribution in [2.45, 2.75) is 57.0 Å². The third-order valence-corrected chi connectivity index (χ3v) is 10.8. The van der Waals surface area contributed by atoms with Crippen LogP contribution in [0.2, 0.25) is 0 Å². The number of aryl methyl sites for hydroxylation is 1. The summed E-state index contributed by atoms with van der Waals surface area (Å²) in [6.07, 6.45) is 8.56. The Kier molecular flexibility index (Phi) is 9.95. The number of imide groups is 2. The number of pyridine rings is 3. The van der Waals surface area contributed by atoms with Gasteiger partial charge in [0.2, 0.25) is 17.7 Å². The molecule has 1 N–H and O–H groups in total. The Balaban J connectivity index is 0.695. The highest BCUT2D eigenvalue weighted by Crippen LogP contribution is 2.34. The highest BCUT2D eigenvalue weighted by molar-refractivity contribution is 6.23. The van der Waals surface area contributed by atoms with E-state index in [4.69, 9.17) is 18.9 Å². The number of benzene rings is 2. The fourth-order valence-electron chi connectivity index (χ4n) is 7.56. The van der Waals surface area contributed by atoms with Crippen LogP contribution in [0.1, 0.15) is 59.0 Å². The summed E-state index contributed by atoms with van der Waals surface area (Å²) in [6.45, 7) is 2.14. The number of piperidine rings is 1. The number of aromatic nitrogens is 4. The first-order valence-corrected chi connectivity index (χ1v) is 19.4. The van der Waals surface area contributed by atoms with Crippen LogP contribution in [0.5, 0.6) is 17.4 Å². The molecule has 4 aromatic heterocycles. The van der Waals surface area contributed by atoms with Crippen LogP contribution in [-0.4, -0.2) is 85.6 Å². The molecule has 9 rings (SSSR count). The van der Waals surface area contributed by atoms with Crippen molar-refractivity contribution in [1.82, 2.24) is 29.7 Å². The van der Waals surface area contributed by atoms with E-state index < -0.39 is 29.7 Å². The van der Waals surface area contributed by atoms with Crippen LogP contribution in [0.15, 0.2) is 91.5 Å². The molecule has 59 heavy (non-hydrogen) atoms. The number of ether oxygens (including phenoxy) is 4. The van der Waals surface area contributed by atoms with Gasteiger partial charge in [-0.2, -0.15) is 0 Å². The van der Waals surface area contributed by atoms with Crippen LogP contribution in [-0.2, 0) is 21.4 Å². The second-order valence-electron chi connectivity index (χ2n) is 14.8. The van der Waals surface area contributed by atoms with Gasteiger partial charge >= 0.3 is 0 Å². The molecule has 6 heterocycles. The van der Waals surface area contributed by atoms with Crippen molar-refractivity contribution in [1.29, 1.82) is 0 Å². The summed E-state index contributed by atoms with van der Waals surface area (Å²) in [7, 11) is 2.07. The first-order valence-electron chi connectivity index (χ1n) is 19.4. The van der Waals surface area contributed by atoms with E-state index in [2.05, 4.69) is 61.9 Å². The molecule has 2 aromatic carbocycles. The monoisotopic (exact) mass is 790 g/mol. The number of rotatable bonds is 11. The van der Waals surface area contributed by atoms with Gasteiger partial charge in [0.15, 0.2) is 0 Å². The van der Waals surface area contributed by atoms with Crippen molar-refractivity contribution in [2.24, 2.45) is 7.05 Å². The van der Waals surface area contributed by atoms with Crippen LogP contribution in [0.25, 0.3) is 32.9 Å². The van der Waals surface area contributed by atoms with Crippen molar-refractivity contribution >= 4 is 45.4 Å². The van der Waals surface area contributed by atoms with Crippen molar-refractivity contribution in [3.8, 4) is 40.3 Å². The van der Waals surface area contributed by atoms with Gasteiger partial charge < -0.3 is 23.5 Å². The van der Waals surface area contributed by atoms with E-state index in [0.29, 0.717) is 23.1 Å². The van der Waals surface area contributed by atoms with E-state index >= 15 is 0 Å². The third-order valence-electron chi connectivity index (χ3n) is 10.8. The molecule has 1 saturated heterocycles. The van der Waals surface area contributed by atoms with E-state index in [1.807, 2.05) is 49.8 Å². The van der Waals surface area contributed by atoms with E-state index in [0.717, 1.165) is 45.3 Å². The van der Waals surface area contributed by atoms with Gasteiger partial charge in [0.1, 0.15) is 48.7 Å². The Morgan fingerprint density at radius 2 is 1.63 bits per heavy atom. The van der Waals surface area contributed by atoms with E-state index in [-0.39, 0.29) is 55.5 Å². The lowest BCUT2D eigenvalue weighted by Gasteiger charge is -2.34. The normalized spacial score (nSPS) is 19.2. The van der Waals surface area contributed by atoms with Gasteiger partial charge in [-0.15, -0.1) is 0 Å². The molecule has 0 bridgehead atoms. The summed E-state index contributed by atoms with van der Waals surface area (Å²) < 4.78 is 26.0. The Morgan fingerprint density at radius 3 is 2.42 bits per heavy atom. The van der Waals surface area contributed by atoms with Gasteiger partial charge in [0.25, 0.3) is 11.8 Å². The van der Waals surface area contributed by atoms with Gasteiger partial charge in [-0.05, 0) is 73.4 Å². The van der Waals surface area contributed by atoms with Gasteiger partial charge in [0.05, 0.1) is 28.9 Å². The topological polar surface area (TPSA) is 164 Å². The van der Waals surface area contributed by atoms with Gasteiger partial charge in [-0.25, -0.2) is 9.97 Å². The quantitative estimate of drug-likeness (QED) is 0.132. The molecule has 14 nitrogen and oxygen atoms in total. The maximum atomic E-state index is 13.1. The summed E-state index contributed by atoms with van der Waals surface area (Å²) in [5.41, 5.74) is 5.30. The molecular formula is C45H38N6O8. The standard InChI is InChI=1S/C45H38N6O8/c1-26(25-57-30-9-11-35-36(21-30)45(55)51(44(35)54)39-12-13-41(52)49-43(39)53)56-17-3-4-29-7-8-31(23-47-29)58-32-19-33(20-32)59-42-14-6-28(22-48-42)27-5-10-34-37-24-46-16-15-38(37)50(2)40(34)18-27/h5-11,14-16,18,21-24,26,32-33,39H,12-13,17,19-20,25H2,1-2H3,(H,49,52,53). The number of hydrogen-bond acceptors (Lipinski definition) is 11. The smallest absolute Gasteiger partial charge is 0.262 e. The molecule has 2 unspecified atom stereocenters. The van der Waals surface area contributed by atoms with Gasteiger partial charge in [-0.3, -0.25) is 34.4 Å².